The van der Waals surface area contributed by atoms with Crippen molar-refractivity contribution in [2.75, 3.05) is 7.11 Å². The molecule has 0 atom stereocenters. The van der Waals surface area contributed by atoms with Gasteiger partial charge in [0, 0.05) is 64.5 Å². The van der Waals surface area contributed by atoms with E-state index in [1.807, 2.05) is 21.2 Å². The van der Waals surface area contributed by atoms with Gasteiger partial charge in [0.15, 0.2) is 5.78 Å². The van der Waals surface area contributed by atoms with Crippen molar-refractivity contribution >= 4 is 58.6 Å². The number of carbonyl (C=O) groups excluding carboxylic acids is 1. The van der Waals surface area contributed by atoms with E-state index in [9.17, 15) is 22.4 Å². The van der Waals surface area contributed by atoms with Gasteiger partial charge in [-0.2, -0.15) is 13.2 Å². The zero-order valence-electron chi connectivity index (χ0n) is 14.1. The van der Waals surface area contributed by atoms with Gasteiger partial charge in [0.25, 0.3) is 0 Å². The molecule has 0 spiro atoms. The molecule has 2 aromatic carbocycles. The van der Waals surface area contributed by atoms with Crippen LogP contribution in [-0.2, 0) is 12.6 Å². The van der Waals surface area contributed by atoms with Gasteiger partial charge in [0.05, 0.1) is 18.2 Å². The molecule has 0 fully saturated rings. The number of fused-ring (bicyclic) bond motifs is 1. The Morgan fingerprint density at radius 2 is 2.00 bits per heavy atom. The lowest BCUT2D eigenvalue weighted by atomic mass is 10.0. The third-order valence-electron chi connectivity index (χ3n) is 4.14. The zero-order chi connectivity index (χ0) is 20.6. The molecule has 0 aliphatic heterocycles. The number of carbonyl (C=O) groups is 1. The topological polar surface area (TPSA) is 31.2 Å². The molecule has 0 saturated carbocycles. The Balaban J connectivity index is 2.10. The van der Waals surface area contributed by atoms with Crippen molar-refractivity contribution in [3.8, 4) is 5.75 Å². The SMILES string of the molecule is COc1cc(Cl)ccc1CC(=O)c1cn(SI)c2cc(F)c(C(F)(F)F)cc12. The second kappa shape index (κ2) is 8.11. The summed E-state index contributed by atoms with van der Waals surface area (Å²) in [6.45, 7) is 0. The number of methoxy groups -OCH3 is 1. The van der Waals surface area contributed by atoms with Crippen LogP contribution in [0.25, 0.3) is 10.9 Å². The van der Waals surface area contributed by atoms with Crippen LogP contribution in [0.5, 0.6) is 5.75 Å². The van der Waals surface area contributed by atoms with E-state index in [1.54, 1.807) is 18.2 Å². The van der Waals surface area contributed by atoms with Crippen molar-refractivity contribution in [1.29, 1.82) is 0 Å². The van der Waals surface area contributed by atoms with Crippen LogP contribution >= 0.6 is 41.9 Å². The lowest BCUT2D eigenvalue weighted by Crippen LogP contribution is -2.09. The predicted molar refractivity (Wildman–Crippen MR) is 110 cm³/mol. The monoisotopic (exact) mass is 543 g/mol. The summed E-state index contributed by atoms with van der Waals surface area (Å²) in [5.74, 6) is -1.41. The van der Waals surface area contributed by atoms with E-state index >= 15 is 0 Å². The first-order chi connectivity index (χ1) is 13.2. The summed E-state index contributed by atoms with van der Waals surface area (Å²) in [4.78, 5) is 12.9. The molecule has 3 aromatic rings. The van der Waals surface area contributed by atoms with Gasteiger partial charge in [-0.15, -0.1) is 0 Å². The second-order valence-electron chi connectivity index (χ2n) is 5.84. The highest BCUT2D eigenvalue weighted by molar-refractivity contribution is 14.2. The number of hydrogen-bond acceptors (Lipinski definition) is 3. The molecular weight excluding hydrogens is 533 g/mol. The molecule has 0 amide bonds. The minimum Gasteiger partial charge on any atom is -0.496 e. The van der Waals surface area contributed by atoms with E-state index in [2.05, 4.69) is 0 Å². The third-order valence-corrected chi connectivity index (χ3v) is 6.10. The fourth-order valence-corrected chi connectivity index (χ4v) is 4.36. The highest BCUT2D eigenvalue weighted by atomic mass is 127. The summed E-state index contributed by atoms with van der Waals surface area (Å²) in [5, 5.41) is 0.465. The molecule has 1 heterocycles. The number of halogens is 6. The number of hydrogen-bond donors (Lipinski definition) is 0. The number of ether oxygens (including phenoxy) is 1. The van der Waals surface area contributed by atoms with Crippen LogP contribution in [0.15, 0.2) is 36.5 Å². The predicted octanol–water partition coefficient (Wildman–Crippen LogP) is 6.73. The summed E-state index contributed by atoms with van der Waals surface area (Å²) < 4.78 is 60.0. The molecule has 3 nitrogen and oxygen atoms in total. The zero-order valence-corrected chi connectivity index (χ0v) is 17.8. The van der Waals surface area contributed by atoms with Crippen molar-refractivity contribution in [3.05, 3.63) is 64.1 Å². The lowest BCUT2D eigenvalue weighted by molar-refractivity contribution is -0.139. The van der Waals surface area contributed by atoms with E-state index in [1.165, 1.54) is 17.3 Å². The van der Waals surface area contributed by atoms with Crippen LogP contribution in [0.3, 0.4) is 0 Å². The quantitative estimate of drug-likeness (QED) is 0.203. The van der Waals surface area contributed by atoms with E-state index in [0.717, 1.165) is 15.2 Å². The first kappa shape index (κ1) is 21.3. The maximum atomic E-state index is 14.0. The maximum Gasteiger partial charge on any atom is 0.419 e. The Kier molecular flexibility index (Phi) is 6.16. The van der Waals surface area contributed by atoms with E-state index in [-0.39, 0.29) is 22.9 Å². The number of alkyl halides is 3. The molecular formula is C18H11ClF4INO2S. The Morgan fingerprint density at radius 1 is 1.29 bits per heavy atom. The van der Waals surface area contributed by atoms with Crippen LogP contribution in [0.1, 0.15) is 21.5 Å². The normalized spacial score (nSPS) is 11.8. The van der Waals surface area contributed by atoms with Crippen molar-refractivity contribution in [2.24, 2.45) is 0 Å². The van der Waals surface area contributed by atoms with Crippen molar-refractivity contribution in [1.82, 2.24) is 3.97 Å². The molecule has 3 rings (SSSR count). The number of Topliss-reactive ketones (excluding diaryl/α,β-unsaturated/α-hetero) is 1. The van der Waals surface area contributed by atoms with Gasteiger partial charge in [0.2, 0.25) is 0 Å². The number of rotatable bonds is 5. The fourth-order valence-electron chi connectivity index (χ4n) is 2.85. The molecule has 28 heavy (non-hydrogen) atoms. The van der Waals surface area contributed by atoms with E-state index < -0.39 is 23.3 Å². The van der Waals surface area contributed by atoms with Gasteiger partial charge in [-0.1, -0.05) is 17.7 Å². The molecule has 0 aliphatic rings. The summed E-state index contributed by atoms with van der Waals surface area (Å²) in [6, 6.07) is 6.23. The highest BCUT2D eigenvalue weighted by Gasteiger charge is 2.35. The standard InChI is InChI=1S/C18H11ClF4INO2S/c1-27-17-5-10(19)3-2-9(17)4-16(26)12-8-25(28-24)15-7-14(20)13(6-11(12)15)18(21,22)23/h2-3,5-8H,4H2,1H3. The molecule has 0 bridgehead atoms. The molecule has 0 saturated heterocycles. The van der Waals surface area contributed by atoms with Crippen LogP contribution < -0.4 is 4.74 Å². The number of benzene rings is 2. The molecule has 0 radical (unpaired) electrons. The first-order valence-electron chi connectivity index (χ1n) is 7.72. The van der Waals surface area contributed by atoms with Crippen LogP contribution in [0, 0.1) is 5.82 Å². The number of ketones is 1. The Hall–Kier alpha value is -1.46. The largest absolute Gasteiger partial charge is 0.496 e. The molecule has 0 unspecified atom stereocenters. The smallest absolute Gasteiger partial charge is 0.419 e. The highest BCUT2D eigenvalue weighted by Crippen LogP contribution is 2.37. The fraction of sp³-hybridized carbons (Fsp3) is 0.167. The summed E-state index contributed by atoms with van der Waals surface area (Å²) in [5.41, 5.74) is -0.606. The van der Waals surface area contributed by atoms with Gasteiger partial charge in [-0.25, -0.2) is 4.39 Å². The maximum absolute atomic E-state index is 14.0. The average molecular weight is 544 g/mol. The summed E-state index contributed by atoms with van der Waals surface area (Å²) in [6.07, 6.45) is -3.56. The average Bonchev–Trinajstić information content (AvgIpc) is 2.99. The number of aromatic nitrogens is 1. The van der Waals surface area contributed by atoms with Gasteiger partial charge < -0.3 is 4.74 Å². The van der Waals surface area contributed by atoms with E-state index in [4.69, 9.17) is 16.3 Å². The van der Waals surface area contributed by atoms with Crippen LogP contribution in [0.2, 0.25) is 5.02 Å². The minimum atomic E-state index is -4.86. The molecule has 10 heteroatoms. The summed E-state index contributed by atoms with van der Waals surface area (Å²) >= 11 is 7.81. The van der Waals surface area contributed by atoms with Gasteiger partial charge in [-0.3, -0.25) is 8.77 Å². The molecule has 1 aromatic heterocycles. The minimum absolute atomic E-state index is 0.0378. The van der Waals surface area contributed by atoms with Gasteiger partial charge >= 0.3 is 6.18 Å². The first-order valence-corrected chi connectivity index (χ1v) is 11.4. The van der Waals surface area contributed by atoms with Crippen LogP contribution in [-0.4, -0.2) is 16.9 Å². The molecule has 148 valence electrons. The third kappa shape index (κ3) is 4.11. The van der Waals surface area contributed by atoms with Gasteiger partial charge in [-0.05, 0) is 24.3 Å². The molecule has 0 N–H and O–H groups in total. The lowest BCUT2D eigenvalue weighted by Gasteiger charge is -2.10. The Bertz CT molecular complexity index is 1070. The molecule has 0 aliphatic carbocycles. The summed E-state index contributed by atoms with van der Waals surface area (Å²) in [7, 11) is 2.55. The van der Waals surface area contributed by atoms with Crippen molar-refractivity contribution < 1.29 is 27.1 Å². The van der Waals surface area contributed by atoms with Crippen molar-refractivity contribution in [2.45, 2.75) is 12.6 Å². The van der Waals surface area contributed by atoms with E-state index in [0.29, 0.717) is 22.4 Å². The number of nitrogens with zero attached hydrogens (tertiary/aromatic N) is 1. The Labute approximate surface area is 178 Å². The Morgan fingerprint density at radius 3 is 2.61 bits per heavy atom. The van der Waals surface area contributed by atoms with Crippen molar-refractivity contribution in [3.63, 3.8) is 0 Å². The second-order valence-corrected chi connectivity index (χ2v) is 7.99. The van der Waals surface area contributed by atoms with Gasteiger partial charge in [0.1, 0.15) is 11.6 Å². The van der Waals surface area contributed by atoms with Crippen LogP contribution in [0.4, 0.5) is 17.6 Å².